The van der Waals surface area contributed by atoms with Crippen molar-refractivity contribution in [1.82, 2.24) is 10.2 Å². The fourth-order valence-corrected chi connectivity index (χ4v) is 2.73. The van der Waals surface area contributed by atoms with Crippen molar-refractivity contribution in [3.63, 3.8) is 0 Å². The number of hydrogen-bond donors (Lipinski definition) is 1. The summed E-state index contributed by atoms with van der Waals surface area (Å²) >= 11 is 0. The number of nitrogens with zero attached hydrogens (tertiary/aromatic N) is 1. The lowest BCUT2D eigenvalue weighted by molar-refractivity contribution is -0.133. The molecule has 1 amide bonds. The molecular formula is C12H23ClN2O2. The van der Waals surface area contributed by atoms with Crippen LogP contribution in [0.25, 0.3) is 0 Å². The highest BCUT2D eigenvalue weighted by Gasteiger charge is 2.31. The standard InChI is InChI=1S/C12H22N2O2.ClH/c1-9-5-10(2)14(7-9)12(15)6-11-8-16-4-3-13-11;/h9-11,13H,3-8H2,1-2H3;1H. The lowest BCUT2D eigenvalue weighted by atomic mass is 10.1. The first-order valence-electron chi connectivity index (χ1n) is 6.27. The van der Waals surface area contributed by atoms with Crippen molar-refractivity contribution in [2.75, 3.05) is 26.3 Å². The van der Waals surface area contributed by atoms with Gasteiger partial charge in [-0.25, -0.2) is 0 Å². The van der Waals surface area contributed by atoms with Gasteiger partial charge in [0.05, 0.1) is 13.2 Å². The van der Waals surface area contributed by atoms with Crippen LogP contribution in [0, 0.1) is 5.92 Å². The Bertz CT molecular complexity index is 257. The fourth-order valence-electron chi connectivity index (χ4n) is 2.73. The molecule has 17 heavy (non-hydrogen) atoms. The van der Waals surface area contributed by atoms with Crippen LogP contribution in [-0.4, -0.2) is 49.2 Å². The third kappa shape index (κ3) is 3.83. The molecule has 3 atom stereocenters. The van der Waals surface area contributed by atoms with Crippen LogP contribution in [0.15, 0.2) is 0 Å². The van der Waals surface area contributed by atoms with Gasteiger partial charge in [0.25, 0.3) is 0 Å². The molecule has 100 valence electrons. The molecule has 3 unspecified atom stereocenters. The third-order valence-electron chi connectivity index (χ3n) is 3.52. The topological polar surface area (TPSA) is 41.6 Å². The second-order valence-electron chi connectivity index (χ2n) is 5.17. The largest absolute Gasteiger partial charge is 0.378 e. The minimum Gasteiger partial charge on any atom is -0.378 e. The normalized spacial score (nSPS) is 33.3. The van der Waals surface area contributed by atoms with Crippen molar-refractivity contribution >= 4 is 18.3 Å². The summed E-state index contributed by atoms with van der Waals surface area (Å²) in [6, 6.07) is 0.622. The molecule has 2 heterocycles. The van der Waals surface area contributed by atoms with Gasteiger partial charge in [-0.15, -0.1) is 12.4 Å². The Balaban J connectivity index is 0.00000144. The summed E-state index contributed by atoms with van der Waals surface area (Å²) < 4.78 is 5.36. The summed E-state index contributed by atoms with van der Waals surface area (Å²) in [5.41, 5.74) is 0. The van der Waals surface area contributed by atoms with Gasteiger partial charge in [-0.2, -0.15) is 0 Å². The molecule has 0 aromatic carbocycles. The first kappa shape index (κ1) is 14.7. The lowest BCUT2D eigenvalue weighted by Crippen LogP contribution is -2.45. The van der Waals surface area contributed by atoms with E-state index in [0.717, 1.165) is 26.1 Å². The molecular weight excluding hydrogens is 240 g/mol. The molecule has 0 aromatic rings. The van der Waals surface area contributed by atoms with Crippen molar-refractivity contribution in [3.05, 3.63) is 0 Å². The molecule has 4 nitrogen and oxygen atoms in total. The Hall–Kier alpha value is -0.320. The van der Waals surface area contributed by atoms with Gasteiger partial charge in [0, 0.05) is 31.6 Å². The summed E-state index contributed by atoms with van der Waals surface area (Å²) in [4.78, 5) is 14.1. The number of halogens is 1. The van der Waals surface area contributed by atoms with E-state index in [0.29, 0.717) is 25.0 Å². The number of nitrogens with one attached hydrogen (secondary N) is 1. The maximum absolute atomic E-state index is 12.1. The predicted octanol–water partition coefficient (Wildman–Crippen LogP) is 1.04. The van der Waals surface area contributed by atoms with E-state index < -0.39 is 0 Å². The van der Waals surface area contributed by atoms with Crippen LogP contribution in [0.4, 0.5) is 0 Å². The van der Waals surface area contributed by atoms with Gasteiger partial charge in [0.2, 0.25) is 5.91 Å². The lowest BCUT2D eigenvalue weighted by Gasteiger charge is -2.27. The Kier molecular flexibility index (Phi) is 5.70. The summed E-state index contributed by atoms with van der Waals surface area (Å²) in [6.45, 7) is 7.58. The third-order valence-corrected chi connectivity index (χ3v) is 3.52. The molecule has 2 saturated heterocycles. The van der Waals surface area contributed by atoms with Crippen LogP contribution in [0.2, 0.25) is 0 Å². The second-order valence-corrected chi connectivity index (χ2v) is 5.17. The number of morpholine rings is 1. The summed E-state index contributed by atoms with van der Waals surface area (Å²) in [5, 5.41) is 3.33. The molecule has 2 fully saturated rings. The average Bonchev–Trinajstić information content (AvgIpc) is 2.59. The van der Waals surface area contributed by atoms with Gasteiger partial charge in [-0.1, -0.05) is 6.92 Å². The van der Waals surface area contributed by atoms with E-state index in [1.165, 1.54) is 0 Å². The first-order valence-corrected chi connectivity index (χ1v) is 6.27. The molecule has 0 saturated carbocycles. The summed E-state index contributed by atoms with van der Waals surface area (Å²) in [6.07, 6.45) is 1.72. The Labute approximate surface area is 109 Å². The van der Waals surface area contributed by atoms with Gasteiger partial charge in [-0.3, -0.25) is 4.79 Å². The van der Waals surface area contributed by atoms with Crippen molar-refractivity contribution in [1.29, 1.82) is 0 Å². The van der Waals surface area contributed by atoms with E-state index in [2.05, 4.69) is 19.2 Å². The smallest absolute Gasteiger partial charge is 0.224 e. The van der Waals surface area contributed by atoms with Gasteiger partial charge in [0.15, 0.2) is 0 Å². The van der Waals surface area contributed by atoms with Crippen molar-refractivity contribution in [3.8, 4) is 0 Å². The summed E-state index contributed by atoms with van der Waals surface area (Å²) in [7, 11) is 0. The molecule has 5 heteroatoms. The van der Waals surface area contributed by atoms with Crippen LogP contribution in [-0.2, 0) is 9.53 Å². The zero-order valence-corrected chi connectivity index (χ0v) is 11.5. The van der Waals surface area contributed by atoms with Crippen LogP contribution < -0.4 is 5.32 Å². The fraction of sp³-hybridized carbons (Fsp3) is 0.917. The number of likely N-dealkylation sites (tertiary alicyclic amines) is 1. The van der Waals surface area contributed by atoms with Crippen molar-refractivity contribution in [2.45, 2.75) is 38.8 Å². The number of hydrogen-bond acceptors (Lipinski definition) is 3. The Morgan fingerprint density at radius 1 is 1.47 bits per heavy atom. The van der Waals surface area contributed by atoms with Crippen LogP contribution in [0.1, 0.15) is 26.7 Å². The number of carbonyl (C=O) groups is 1. The van der Waals surface area contributed by atoms with Crippen molar-refractivity contribution < 1.29 is 9.53 Å². The van der Waals surface area contributed by atoms with Gasteiger partial charge >= 0.3 is 0 Å². The molecule has 0 bridgehead atoms. The maximum Gasteiger partial charge on any atom is 0.224 e. The van der Waals surface area contributed by atoms with Crippen LogP contribution in [0.3, 0.4) is 0 Å². The van der Waals surface area contributed by atoms with Crippen LogP contribution in [0.5, 0.6) is 0 Å². The molecule has 0 aliphatic carbocycles. The second kappa shape index (κ2) is 6.57. The Morgan fingerprint density at radius 3 is 2.76 bits per heavy atom. The molecule has 2 aliphatic rings. The maximum atomic E-state index is 12.1. The monoisotopic (exact) mass is 262 g/mol. The molecule has 0 aromatic heterocycles. The zero-order valence-electron chi connectivity index (χ0n) is 10.6. The summed E-state index contributed by atoms with van der Waals surface area (Å²) in [5.74, 6) is 0.925. The van der Waals surface area contributed by atoms with Gasteiger partial charge in [-0.05, 0) is 19.3 Å². The van der Waals surface area contributed by atoms with Crippen LogP contribution >= 0.6 is 12.4 Å². The SMILES string of the molecule is CC1CC(C)N(C(=O)CC2COCCN2)C1.Cl. The van der Waals surface area contributed by atoms with Crippen molar-refractivity contribution in [2.24, 2.45) is 5.92 Å². The van der Waals surface area contributed by atoms with E-state index in [1.54, 1.807) is 0 Å². The van der Waals surface area contributed by atoms with Gasteiger partial charge < -0.3 is 15.0 Å². The average molecular weight is 263 g/mol. The molecule has 2 aliphatic heterocycles. The van der Waals surface area contributed by atoms with E-state index in [4.69, 9.17) is 4.74 Å². The quantitative estimate of drug-likeness (QED) is 0.809. The number of carbonyl (C=O) groups excluding carboxylic acids is 1. The van der Waals surface area contributed by atoms with Gasteiger partial charge in [0.1, 0.15) is 0 Å². The predicted molar refractivity (Wildman–Crippen MR) is 69.4 cm³/mol. The minimum atomic E-state index is 0. The molecule has 0 spiro atoms. The highest BCUT2D eigenvalue weighted by atomic mass is 35.5. The number of amides is 1. The molecule has 2 rings (SSSR count). The number of rotatable bonds is 2. The highest BCUT2D eigenvalue weighted by molar-refractivity contribution is 5.85. The van der Waals surface area contributed by atoms with E-state index in [1.807, 2.05) is 4.90 Å². The van der Waals surface area contributed by atoms with E-state index >= 15 is 0 Å². The number of ether oxygens (including phenoxy) is 1. The minimum absolute atomic E-state index is 0. The van der Waals surface area contributed by atoms with E-state index in [-0.39, 0.29) is 24.4 Å². The molecule has 1 N–H and O–H groups in total. The first-order chi connectivity index (χ1) is 7.66. The zero-order chi connectivity index (χ0) is 11.5. The Morgan fingerprint density at radius 2 is 2.24 bits per heavy atom. The molecule has 0 radical (unpaired) electrons. The highest BCUT2D eigenvalue weighted by Crippen LogP contribution is 2.23. The van der Waals surface area contributed by atoms with E-state index in [9.17, 15) is 4.79 Å².